The van der Waals surface area contributed by atoms with Gasteiger partial charge in [-0.25, -0.2) is 9.78 Å². The molecule has 0 spiro atoms. The van der Waals surface area contributed by atoms with Gasteiger partial charge in [0.2, 0.25) is 0 Å². The second kappa shape index (κ2) is 5.77. The number of aromatic amines is 1. The minimum atomic E-state index is -0.0348. The van der Waals surface area contributed by atoms with Crippen molar-refractivity contribution in [3.05, 3.63) is 48.5 Å². The number of likely N-dealkylation sites (tertiary alicyclic amines) is 1. The molecule has 1 fully saturated rings. The number of para-hydroxylation sites is 1. The highest BCUT2D eigenvalue weighted by Crippen LogP contribution is 2.24. The van der Waals surface area contributed by atoms with Gasteiger partial charge in [-0.2, -0.15) is 0 Å². The predicted molar refractivity (Wildman–Crippen MR) is 77.6 cm³/mol. The van der Waals surface area contributed by atoms with Gasteiger partial charge in [-0.1, -0.05) is 18.2 Å². The molecule has 0 radical (unpaired) electrons. The first kappa shape index (κ1) is 12.7. The first-order valence-corrected chi connectivity index (χ1v) is 6.93. The molecule has 1 aromatic heterocycles. The van der Waals surface area contributed by atoms with Gasteiger partial charge >= 0.3 is 6.03 Å². The van der Waals surface area contributed by atoms with E-state index in [1.165, 1.54) is 0 Å². The summed E-state index contributed by atoms with van der Waals surface area (Å²) in [7, 11) is 0. The summed E-state index contributed by atoms with van der Waals surface area (Å²) < 4.78 is 0. The van der Waals surface area contributed by atoms with E-state index in [-0.39, 0.29) is 6.03 Å². The molecule has 1 unspecified atom stereocenters. The lowest BCUT2D eigenvalue weighted by molar-refractivity contribution is 0.191. The summed E-state index contributed by atoms with van der Waals surface area (Å²) in [5.74, 6) is 1.28. The number of benzene rings is 1. The zero-order chi connectivity index (χ0) is 13.8. The SMILES string of the molecule is O=C(Nc1ccccc1)N1CCCC(c2ncc[nH]2)C1. The second-order valence-electron chi connectivity index (χ2n) is 5.06. The molecular weight excluding hydrogens is 252 g/mol. The molecule has 1 aliphatic heterocycles. The monoisotopic (exact) mass is 270 g/mol. The summed E-state index contributed by atoms with van der Waals surface area (Å²) in [6.45, 7) is 1.52. The number of urea groups is 1. The summed E-state index contributed by atoms with van der Waals surface area (Å²) in [5, 5.41) is 2.93. The third-order valence-corrected chi connectivity index (χ3v) is 3.64. The molecule has 20 heavy (non-hydrogen) atoms. The van der Waals surface area contributed by atoms with E-state index in [1.54, 1.807) is 6.20 Å². The number of hydrogen-bond donors (Lipinski definition) is 2. The molecule has 2 amide bonds. The molecule has 3 rings (SSSR count). The topological polar surface area (TPSA) is 61.0 Å². The van der Waals surface area contributed by atoms with Gasteiger partial charge in [0.05, 0.1) is 0 Å². The van der Waals surface area contributed by atoms with E-state index in [0.29, 0.717) is 12.5 Å². The molecule has 1 aromatic carbocycles. The number of imidazole rings is 1. The first-order chi connectivity index (χ1) is 9.83. The summed E-state index contributed by atoms with van der Waals surface area (Å²) in [6, 6.07) is 9.52. The Kier molecular flexibility index (Phi) is 3.67. The van der Waals surface area contributed by atoms with Crippen LogP contribution in [0.1, 0.15) is 24.6 Å². The van der Waals surface area contributed by atoms with Crippen LogP contribution in [-0.2, 0) is 0 Å². The molecule has 0 saturated carbocycles. The Morgan fingerprint density at radius 3 is 2.95 bits per heavy atom. The van der Waals surface area contributed by atoms with Crippen molar-refractivity contribution < 1.29 is 4.79 Å². The highest BCUT2D eigenvalue weighted by atomic mass is 16.2. The van der Waals surface area contributed by atoms with Gasteiger partial charge in [-0.3, -0.25) is 0 Å². The molecule has 1 atom stereocenters. The maximum atomic E-state index is 12.3. The van der Waals surface area contributed by atoms with Crippen LogP contribution in [0.2, 0.25) is 0 Å². The Hall–Kier alpha value is -2.30. The van der Waals surface area contributed by atoms with Crippen molar-refractivity contribution in [3.63, 3.8) is 0 Å². The number of carbonyl (C=O) groups is 1. The summed E-state index contributed by atoms with van der Waals surface area (Å²) >= 11 is 0. The molecule has 2 aromatic rings. The van der Waals surface area contributed by atoms with Crippen LogP contribution in [0.3, 0.4) is 0 Å². The quantitative estimate of drug-likeness (QED) is 0.881. The highest BCUT2D eigenvalue weighted by molar-refractivity contribution is 5.89. The predicted octanol–water partition coefficient (Wildman–Crippen LogP) is 2.82. The Balaban J connectivity index is 1.63. The van der Waals surface area contributed by atoms with Crippen molar-refractivity contribution in [2.75, 3.05) is 18.4 Å². The molecule has 104 valence electrons. The molecule has 5 nitrogen and oxygen atoms in total. The number of nitrogens with one attached hydrogen (secondary N) is 2. The molecule has 0 aliphatic carbocycles. The van der Waals surface area contributed by atoms with Gasteiger partial charge in [0.15, 0.2) is 0 Å². The summed E-state index contributed by atoms with van der Waals surface area (Å²) in [5.41, 5.74) is 0.831. The number of H-pyrrole nitrogens is 1. The Labute approximate surface area is 118 Å². The minimum absolute atomic E-state index is 0.0348. The molecule has 5 heteroatoms. The van der Waals surface area contributed by atoms with E-state index in [9.17, 15) is 4.79 Å². The standard InChI is InChI=1S/C15H18N4O/c20-15(18-13-6-2-1-3-7-13)19-10-4-5-12(11-19)14-16-8-9-17-14/h1-3,6-9,12H,4-5,10-11H2,(H,16,17)(H,18,20). The highest BCUT2D eigenvalue weighted by Gasteiger charge is 2.26. The Morgan fingerprint density at radius 1 is 1.35 bits per heavy atom. The van der Waals surface area contributed by atoms with Gasteiger partial charge < -0.3 is 15.2 Å². The normalized spacial score (nSPS) is 18.8. The molecule has 1 aliphatic rings. The van der Waals surface area contributed by atoms with Crippen LogP contribution in [0.5, 0.6) is 0 Å². The average molecular weight is 270 g/mol. The number of aromatic nitrogens is 2. The molecular formula is C15H18N4O. The maximum absolute atomic E-state index is 12.3. The van der Waals surface area contributed by atoms with E-state index in [0.717, 1.165) is 30.9 Å². The van der Waals surface area contributed by atoms with E-state index in [2.05, 4.69) is 15.3 Å². The first-order valence-electron chi connectivity index (χ1n) is 6.93. The zero-order valence-electron chi connectivity index (χ0n) is 11.2. The van der Waals surface area contributed by atoms with E-state index < -0.39 is 0 Å². The van der Waals surface area contributed by atoms with Crippen LogP contribution in [0.15, 0.2) is 42.7 Å². The smallest absolute Gasteiger partial charge is 0.321 e. The van der Waals surface area contributed by atoms with Crippen LogP contribution >= 0.6 is 0 Å². The fourth-order valence-corrected chi connectivity index (χ4v) is 2.61. The summed E-state index contributed by atoms with van der Waals surface area (Å²) in [6.07, 6.45) is 5.67. The maximum Gasteiger partial charge on any atom is 0.321 e. The lowest BCUT2D eigenvalue weighted by atomic mass is 9.98. The van der Waals surface area contributed by atoms with Gasteiger partial charge in [0.25, 0.3) is 0 Å². The van der Waals surface area contributed by atoms with Crippen LogP contribution in [0, 0.1) is 0 Å². The number of piperidine rings is 1. The fraction of sp³-hybridized carbons (Fsp3) is 0.333. The number of anilines is 1. The third kappa shape index (κ3) is 2.82. The van der Waals surface area contributed by atoms with Gasteiger partial charge in [-0.15, -0.1) is 0 Å². The van der Waals surface area contributed by atoms with Crippen molar-refractivity contribution in [1.82, 2.24) is 14.9 Å². The van der Waals surface area contributed by atoms with Gasteiger partial charge in [0, 0.05) is 37.1 Å². The second-order valence-corrected chi connectivity index (χ2v) is 5.06. The summed E-state index contributed by atoms with van der Waals surface area (Å²) in [4.78, 5) is 21.6. The van der Waals surface area contributed by atoms with Crippen molar-refractivity contribution >= 4 is 11.7 Å². The van der Waals surface area contributed by atoms with Crippen LogP contribution in [-0.4, -0.2) is 34.0 Å². The third-order valence-electron chi connectivity index (χ3n) is 3.64. The minimum Gasteiger partial charge on any atom is -0.348 e. The van der Waals surface area contributed by atoms with Gasteiger partial charge in [0.1, 0.15) is 5.82 Å². The van der Waals surface area contributed by atoms with Crippen molar-refractivity contribution in [1.29, 1.82) is 0 Å². The molecule has 1 saturated heterocycles. The number of hydrogen-bond acceptors (Lipinski definition) is 2. The van der Waals surface area contributed by atoms with E-state index in [4.69, 9.17) is 0 Å². The van der Waals surface area contributed by atoms with Gasteiger partial charge in [-0.05, 0) is 25.0 Å². The fourth-order valence-electron chi connectivity index (χ4n) is 2.61. The van der Waals surface area contributed by atoms with E-state index in [1.807, 2.05) is 41.4 Å². The molecule has 0 bridgehead atoms. The number of rotatable bonds is 2. The zero-order valence-corrected chi connectivity index (χ0v) is 11.2. The van der Waals surface area contributed by atoms with Crippen molar-refractivity contribution in [2.45, 2.75) is 18.8 Å². The van der Waals surface area contributed by atoms with Crippen LogP contribution < -0.4 is 5.32 Å². The Morgan fingerprint density at radius 2 is 2.20 bits per heavy atom. The van der Waals surface area contributed by atoms with Crippen molar-refractivity contribution in [2.24, 2.45) is 0 Å². The van der Waals surface area contributed by atoms with Crippen LogP contribution in [0.4, 0.5) is 10.5 Å². The largest absolute Gasteiger partial charge is 0.348 e. The van der Waals surface area contributed by atoms with E-state index >= 15 is 0 Å². The average Bonchev–Trinajstić information content (AvgIpc) is 3.03. The number of carbonyl (C=O) groups excluding carboxylic acids is 1. The number of nitrogens with zero attached hydrogens (tertiary/aromatic N) is 2. The Bertz CT molecular complexity index is 553. The number of amides is 2. The van der Waals surface area contributed by atoms with Crippen molar-refractivity contribution in [3.8, 4) is 0 Å². The molecule has 2 heterocycles. The lowest BCUT2D eigenvalue weighted by Crippen LogP contribution is -2.41. The lowest BCUT2D eigenvalue weighted by Gasteiger charge is -2.31. The molecule has 2 N–H and O–H groups in total. The van der Waals surface area contributed by atoms with Crippen LogP contribution in [0.25, 0.3) is 0 Å².